The van der Waals surface area contributed by atoms with E-state index in [1.165, 1.54) is 7.05 Å². The van der Waals surface area contributed by atoms with Crippen LogP contribution >= 0.6 is 0 Å². The molecule has 0 aromatic rings. The van der Waals surface area contributed by atoms with Crippen LogP contribution in [-0.2, 0) is 14.3 Å². The summed E-state index contributed by atoms with van der Waals surface area (Å²) < 4.78 is 25.5. The molecule has 0 rings (SSSR count). The van der Waals surface area contributed by atoms with Crippen molar-refractivity contribution < 1.29 is 22.5 Å². The van der Waals surface area contributed by atoms with E-state index >= 15 is 0 Å². The van der Waals surface area contributed by atoms with Crippen LogP contribution in [0.3, 0.4) is 0 Å². The number of unbranched alkanes of at least 4 members (excludes halogenated alkanes) is 1. The summed E-state index contributed by atoms with van der Waals surface area (Å²) in [5, 5.41) is 8.47. The Morgan fingerprint density at radius 2 is 2.00 bits per heavy atom. The van der Waals surface area contributed by atoms with Crippen LogP contribution in [0.1, 0.15) is 12.8 Å². The molecule has 7 heteroatoms. The molecule has 0 bridgehead atoms. The fourth-order valence-electron chi connectivity index (χ4n) is 0.757. The Hall–Kier alpha value is -0.820. The predicted octanol–water partition coefficient (Wildman–Crippen LogP) is 0.353. The fourth-order valence-corrected chi connectivity index (χ4v) is 1.18. The maximum Gasteiger partial charge on any atom is 0.407 e. The van der Waals surface area contributed by atoms with Gasteiger partial charge in [0.2, 0.25) is 0 Å². The van der Waals surface area contributed by atoms with Gasteiger partial charge in [0.05, 0.1) is 12.9 Å². The summed E-state index contributed by atoms with van der Waals surface area (Å²) in [5.41, 5.74) is 0. The van der Waals surface area contributed by atoms with Gasteiger partial charge < -0.3 is 10.0 Å². The van der Waals surface area contributed by atoms with Gasteiger partial charge in [0.25, 0.3) is 10.1 Å². The van der Waals surface area contributed by atoms with Crippen molar-refractivity contribution in [1.82, 2.24) is 4.90 Å². The number of nitrogens with zero attached hydrogens (tertiary/aromatic N) is 1. The Balaban J connectivity index is 3.44. The van der Waals surface area contributed by atoms with Crippen molar-refractivity contribution in [2.75, 3.05) is 26.5 Å². The van der Waals surface area contributed by atoms with E-state index in [4.69, 9.17) is 5.11 Å². The van der Waals surface area contributed by atoms with Gasteiger partial charge in [-0.05, 0) is 12.8 Å². The van der Waals surface area contributed by atoms with Gasteiger partial charge >= 0.3 is 6.09 Å². The molecule has 0 unspecified atom stereocenters. The van der Waals surface area contributed by atoms with Crippen LogP contribution in [0.15, 0.2) is 0 Å². The summed E-state index contributed by atoms with van der Waals surface area (Å²) in [6.45, 7) is 0.481. The van der Waals surface area contributed by atoms with E-state index in [1.54, 1.807) is 0 Å². The van der Waals surface area contributed by atoms with Gasteiger partial charge in [-0.2, -0.15) is 8.42 Å². The second-order valence-electron chi connectivity index (χ2n) is 2.94. The van der Waals surface area contributed by atoms with Crippen LogP contribution in [0, 0.1) is 0 Å². The maximum absolute atomic E-state index is 10.5. The lowest BCUT2D eigenvalue weighted by Crippen LogP contribution is -2.25. The van der Waals surface area contributed by atoms with E-state index in [-0.39, 0.29) is 6.61 Å². The molecule has 0 saturated carbocycles. The van der Waals surface area contributed by atoms with E-state index in [0.717, 1.165) is 11.2 Å². The monoisotopic (exact) mass is 225 g/mol. The largest absolute Gasteiger partial charge is 0.465 e. The van der Waals surface area contributed by atoms with Gasteiger partial charge in [-0.15, -0.1) is 0 Å². The SMILES string of the molecule is CN(CCCCOS(C)(=O)=O)C(=O)O. The first-order chi connectivity index (χ1) is 6.33. The van der Waals surface area contributed by atoms with Crippen molar-refractivity contribution in [3.63, 3.8) is 0 Å². The number of carboxylic acid groups (broad SMARTS) is 1. The van der Waals surface area contributed by atoms with Gasteiger partial charge in [-0.1, -0.05) is 0 Å². The molecular weight excluding hydrogens is 210 g/mol. The second-order valence-corrected chi connectivity index (χ2v) is 4.58. The standard InChI is InChI=1S/C7H15NO5S/c1-8(7(9)10)5-3-4-6-13-14(2,11)12/h3-6H2,1-2H3,(H,9,10). The topological polar surface area (TPSA) is 83.9 Å². The highest BCUT2D eigenvalue weighted by atomic mass is 32.2. The lowest BCUT2D eigenvalue weighted by atomic mass is 10.3. The molecule has 0 atom stereocenters. The Morgan fingerprint density at radius 1 is 1.43 bits per heavy atom. The minimum Gasteiger partial charge on any atom is -0.465 e. The van der Waals surface area contributed by atoms with E-state index in [0.29, 0.717) is 19.4 Å². The van der Waals surface area contributed by atoms with Crippen LogP contribution in [0.4, 0.5) is 4.79 Å². The van der Waals surface area contributed by atoms with E-state index < -0.39 is 16.2 Å². The molecule has 0 aromatic carbocycles. The number of rotatable bonds is 6. The molecule has 0 aliphatic carbocycles. The highest BCUT2D eigenvalue weighted by molar-refractivity contribution is 7.85. The van der Waals surface area contributed by atoms with Gasteiger partial charge in [0.1, 0.15) is 0 Å². The van der Waals surface area contributed by atoms with Crippen molar-refractivity contribution in [3.05, 3.63) is 0 Å². The molecule has 14 heavy (non-hydrogen) atoms. The first-order valence-corrected chi connectivity index (χ1v) is 5.93. The zero-order chi connectivity index (χ0) is 11.2. The number of amides is 1. The molecule has 6 nitrogen and oxygen atoms in total. The zero-order valence-corrected chi connectivity index (χ0v) is 9.08. The van der Waals surface area contributed by atoms with Crippen LogP contribution in [0.5, 0.6) is 0 Å². The average Bonchev–Trinajstić information content (AvgIpc) is 2.01. The third-order valence-corrected chi connectivity index (χ3v) is 2.11. The molecule has 0 spiro atoms. The minimum absolute atomic E-state index is 0.103. The molecule has 0 aromatic heterocycles. The summed E-state index contributed by atoms with van der Waals surface area (Å²) in [4.78, 5) is 11.5. The van der Waals surface area contributed by atoms with Gasteiger partial charge in [0.15, 0.2) is 0 Å². The smallest absolute Gasteiger partial charge is 0.407 e. The van der Waals surface area contributed by atoms with Gasteiger partial charge in [-0.3, -0.25) is 4.18 Å². The van der Waals surface area contributed by atoms with E-state index in [2.05, 4.69) is 4.18 Å². The lowest BCUT2D eigenvalue weighted by molar-refractivity contribution is 0.154. The van der Waals surface area contributed by atoms with Crippen LogP contribution in [0.25, 0.3) is 0 Å². The van der Waals surface area contributed by atoms with Gasteiger partial charge in [-0.25, -0.2) is 4.79 Å². The van der Waals surface area contributed by atoms with Crippen molar-refractivity contribution in [3.8, 4) is 0 Å². The molecule has 0 radical (unpaired) electrons. The molecule has 0 aliphatic rings. The van der Waals surface area contributed by atoms with Crippen molar-refractivity contribution in [2.24, 2.45) is 0 Å². The molecule has 0 aliphatic heterocycles. The number of hydrogen-bond donors (Lipinski definition) is 1. The second kappa shape index (κ2) is 5.82. The number of carbonyl (C=O) groups is 1. The molecule has 1 N–H and O–H groups in total. The molecule has 84 valence electrons. The maximum atomic E-state index is 10.5. The first-order valence-electron chi connectivity index (χ1n) is 4.11. The summed E-state index contributed by atoms with van der Waals surface area (Å²) in [5.74, 6) is 0. The van der Waals surface area contributed by atoms with Gasteiger partial charge in [0, 0.05) is 13.6 Å². The van der Waals surface area contributed by atoms with E-state index in [9.17, 15) is 13.2 Å². The molecule has 1 amide bonds. The van der Waals surface area contributed by atoms with Crippen molar-refractivity contribution in [1.29, 1.82) is 0 Å². The Morgan fingerprint density at radius 3 is 2.43 bits per heavy atom. The lowest BCUT2D eigenvalue weighted by Gasteiger charge is -2.11. The zero-order valence-electron chi connectivity index (χ0n) is 8.26. The first kappa shape index (κ1) is 13.2. The summed E-state index contributed by atoms with van der Waals surface area (Å²) in [7, 11) is -1.91. The summed E-state index contributed by atoms with van der Waals surface area (Å²) >= 11 is 0. The highest BCUT2D eigenvalue weighted by Gasteiger charge is 2.05. The molecular formula is C7H15NO5S. The highest BCUT2D eigenvalue weighted by Crippen LogP contribution is 1.96. The molecule has 0 heterocycles. The third-order valence-electron chi connectivity index (χ3n) is 1.51. The quantitative estimate of drug-likeness (QED) is 0.521. The Labute approximate surface area is 83.6 Å². The van der Waals surface area contributed by atoms with Crippen molar-refractivity contribution in [2.45, 2.75) is 12.8 Å². The Bertz CT molecular complexity index is 274. The molecule has 0 fully saturated rings. The average molecular weight is 225 g/mol. The van der Waals surface area contributed by atoms with Crippen LogP contribution < -0.4 is 0 Å². The Kier molecular flexibility index (Phi) is 5.47. The summed E-state index contributed by atoms with van der Waals surface area (Å²) in [6, 6.07) is 0. The predicted molar refractivity (Wildman–Crippen MR) is 50.7 cm³/mol. The van der Waals surface area contributed by atoms with Crippen LogP contribution in [-0.4, -0.2) is 51.0 Å². The normalized spacial score (nSPS) is 11.3. The molecule has 0 saturated heterocycles. The van der Waals surface area contributed by atoms with Crippen molar-refractivity contribution >= 4 is 16.2 Å². The van der Waals surface area contributed by atoms with Crippen LogP contribution in [0.2, 0.25) is 0 Å². The summed E-state index contributed by atoms with van der Waals surface area (Å²) in [6.07, 6.45) is 1.09. The number of hydrogen-bond acceptors (Lipinski definition) is 4. The minimum atomic E-state index is -3.37. The third kappa shape index (κ3) is 7.81. The van der Waals surface area contributed by atoms with E-state index in [1.807, 2.05) is 0 Å². The fraction of sp³-hybridized carbons (Fsp3) is 0.857.